The third-order valence-electron chi connectivity index (χ3n) is 3.11. The third-order valence-corrected chi connectivity index (χ3v) is 3.11. The first kappa shape index (κ1) is 10.2. The van der Waals surface area contributed by atoms with Crippen molar-refractivity contribution in [2.24, 2.45) is 18.9 Å². The van der Waals surface area contributed by atoms with E-state index >= 15 is 0 Å². The summed E-state index contributed by atoms with van der Waals surface area (Å²) in [6.07, 6.45) is 3.53. The highest BCUT2D eigenvalue weighted by atomic mass is 16.4. The van der Waals surface area contributed by atoms with Crippen LogP contribution in [-0.4, -0.2) is 20.9 Å². The van der Waals surface area contributed by atoms with Gasteiger partial charge in [-0.05, 0) is 37.2 Å². The zero-order chi connectivity index (χ0) is 11.0. The van der Waals surface area contributed by atoms with E-state index in [4.69, 9.17) is 5.11 Å². The largest absolute Gasteiger partial charge is 0.477 e. The number of carboxylic acid groups (broad SMARTS) is 1. The molecule has 1 aliphatic carbocycles. The van der Waals surface area contributed by atoms with Crippen LogP contribution in [0, 0.1) is 11.8 Å². The molecule has 0 aromatic carbocycles. The normalized spacial score (nSPS) is 17.7. The molecule has 1 N–H and O–H groups in total. The molecule has 1 aromatic rings. The van der Waals surface area contributed by atoms with Gasteiger partial charge in [0, 0.05) is 7.05 Å². The summed E-state index contributed by atoms with van der Waals surface area (Å²) in [7, 11) is 1.68. The Morgan fingerprint density at radius 2 is 2.40 bits per heavy atom. The minimum absolute atomic E-state index is 0.271. The predicted octanol–water partition coefficient (Wildman–Crippen LogP) is 1.71. The average molecular weight is 208 g/mol. The van der Waals surface area contributed by atoms with E-state index in [1.54, 1.807) is 13.1 Å². The second-order valence-corrected chi connectivity index (χ2v) is 4.47. The Morgan fingerprint density at radius 3 is 2.87 bits per heavy atom. The maximum Gasteiger partial charge on any atom is 0.354 e. The second-order valence-electron chi connectivity index (χ2n) is 4.47. The third kappa shape index (κ3) is 2.19. The SMILES string of the molecule is CC(Cc1cc(C(=O)O)n(C)n1)C1CC1. The summed E-state index contributed by atoms with van der Waals surface area (Å²) < 4.78 is 1.44. The molecule has 0 saturated heterocycles. The molecule has 0 spiro atoms. The fourth-order valence-electron chi connectivity index (χ4n) is 1.99. The molecule has 1 unspecified atom stereocenters. The molecule has 4 nitrogen and oxygen atoms in total. The number of rotatable bonds is 4. The molecular formula is C11H16N2O2. The van der Waals surface area contributed by atoms with Crippen LogP contribution in [0.15, 0.2) is 6.07 Å². The average Bonchev–Trinajstić information content (AvgIpc) is 2.91. The van der Waals surface area contributed by atoms with Crippen LogP contribution in [0.25, 0.3) is 0 Å². The van der Waals surface area contributed by atoms with Gasteiger partial charge in [0.25, 0.3) is 0 Å². The second kappa shape index (κ2) is 3.68. The molecule has 0 radical (unpaired) electrons. The first-order chi connectivity index (χ1) is 7.08. The molecular weight excluding hydrogens is 192 g/mol. The van der Waals surface area contributed by atoms with Crippen LogP contribution in [-0.2, 0) is 13.5 Å². The first-order valence-corrected chi connectivity index (χ1v) is 5.34. The highest BCUT2D eigenvalue weighted by Crippen LogP contribution is 2.37. The van der Waals surface area contributed by atoms with Crippen LogP contribution in [0.5, 0.6) is 0 Å². The monoisotopic (exact) mass is 208 g/mol. The quantitative estimate of drug-likeness (QED) is 0.819. The number of nitrogens with zero attached hydrogens (tertiary/aromatic N) is 2. The van der Waals surface area contributed by atoms with Crippen LogP contribution < -0.4 is 0 Å². The summed E-state index contributed by atoms with van der Waals surface area (Å²) in [6.45, 7) is 2.22. The van der Waals surface area contributed by atoms with E-state index in [2.05, 4.69) is 12.0 Å². The Labute approximate surface area is 88.9 Å². The molecule has 0 bridgehead atoms. The van der Waals surface area contributed by atoms with Crippen LogP contribution in [0.3, 0.4) is 0 Å². The Balaban J connectivity index is 2.08. The van der Waals surface area contributed by atoms with Crippen LogP contribution >= 0.6 is 0 Å². The van der Waals surface area contributed by atoms with Gasteiger partial charge in [0.2, 0.25) is 0 Å². The number of carbonyl (C=O) groups is 1. The van der Waals surface area contributed by atoms with E-state index in [1.165, 1.54) is 17.5 Å². The van der Waals surface area contributed by atoms with Gasteiger partial charge in [-0.1, -0.05) is 6.92 Å². The van der Waals surface area contributed by atoms with Crippen molar-refractivity contribution >= 4 is 5.97 Å². The van der Waals surface area contributed by atoms with E-state index in [1.807, 2.05) is 0 Å². The maximum atomic E-state index is 10.8. The van der Waals surface area contributed by atoms with Crippen molar-refractivity contribution in [3.05, 3.63) is 17.5 Å². The number of aryl methyl sites for hydroxylation is 1. The fourth-order valence-corrected chi connectivity index (χ4v) is 1.99. The van der Waals surface area contributed by atoms with Gasteiger partial charge in [0.05, 0.1) is 5.69 Å². The van der Waals surface area contributed by atoms with E-state index in [9.17, 15) is 4.79 Å². The van der Waals surface area contributed by atoms with E-state index < -0.39 is 5.97 Å². The van der Waals surface area contributed by atoms with Gasteiger partial charge in [0.15, 0.2) is 0 Å². The van der Waals surface area contributed by atoms with Crippen molar-refractivity contribution < 1.29 is 9.90 Å². The van der Waals surface area contributed by atoms with Gasteiger partial charge in [-0.2, -0.15) is 5.10 Å². The van der Waals surface area contributed by atoms with Gasteiger partial charge < -0.3 is 5.11 Å². The number of aromatic carboxylic acids is 1. The zero-order valence-electron chi connectivity index (χ0n) is 9.10. The van der Waals surface area contributed by atoms with Crippen molar-refractivity contribution in [2.75, 3.05) is 0 Å². The van der Waals surface area contributed by atoms with Crippen molar-refractivity contribution in [3.63, 3.8) is 0 Å². The van der Waals surface area contributed by atoms with Crippen molar-refractivity contribution in [1.29, 1.82) is 0 Å². The highest BCUT2D eigenvalue weighted by molar-refractivity contribution is 5.85. The number of hydrogen-bond donors (Lipinski definition) is 1. The summed E-state index contributed by atoms with van der Waals surface area (Å²) in [5.41, 5.74) is 1.17. The molecule has 0 amide bonds. The summed E-state index contributed by atoms with van der Waals surface area (Å²) in [5.74, 6) is 0.553. The van der Waals surface area contributed by atoms with Crippen LogP contribution in [0.4, 0.5) is 0 Å². The lowest BCUT2D eigenvalue weighted by Gasteiger charge is -2.05. The summed E-state index contributed by atoms with van der Waals surface area (Å²) in [4.78, 5) is 10.8. The molecule has 1 aromatic heterocycles. The van der Waals surface area contributed by atoms with Crippen LogP contribution in [0.2, 0.25) is 0 Å². The van der Waals surface area contributed by atoms with Gasteiger partial charge in [-0.25, -0.2) is 4.79 Å². The Morgan fingerprint density at radius 1 is 1.73 bits per heavy atom. The summed E-state index contributed by atoms with van der Waals surface area (Å²) >= 11 is 0. The molecule has 15 heavy (non-hydrogen) atoms. The molecule has 1 aliphatic rings. The standard InChI is InChI=1S/C11H16N2O2/c1-7(8-3-4-8)5-9-6-10(11(14)15)13(2)12-9/h6-8H,3-5H2,1-2H3,(H,14,15). The lowest BCUT2D eigenvalue weighted by Crippen LogP contribution is -2.05. The topological polar surface area (TPSA) is 55.1 Å². The minimum Gasteiger partial charge on any atom is -0.477 e. The summed E-state index contributed by atoms with van der Waals surface area (Å²) in [6, 6.07) is 1.68. The molecule has 4 heteroatoms. The van der Waals surface area contributed by atoms with Gasteiger partial charge in [-0.3, -0.25) is 4.68 Å². The first-order valence-electron chi connectivity index (χ1n) is 5.34. The lowest BCUT2D eigenvalue weighted by molar-refractivity contribution is 0.0685. The number of carboxylic acids is 1. The van der Waals surface area contributed by atoms with Gasteiger partial charge in [0.1, 0.15) is 5.69 Å². The Kier molecular flexibility index (Phi) is 2.50. The minimum atomic E-state index is -0.907. The molecule has 2 rings (SSSR count). The summed E-state index contributed by atoms with van der Waals surface area (Å²) in [5, 5.41) is 13.1. The molecule has 1 fully saturated rings. The van der Waals surface area contributed by atoms with Gasteiger partial charge >= 0.3 is 5.97 Å². The number of aromatic nitrogens is 2. The van der Waals surface area contributed by atoms with E-state index in [-0.39, 0.29) is 5.69 Å². The molecule has 82 valence electrons. The van der Waals surface area contributed by atoms with Crippen molar-refractivity contribution in [3.8, 4) is 0 Å². The van der Waals surface area contributed by atoms with Crippen LogP contribution in [0.1, 0.15) is 35.9 Å². The fraction of sp³-hybridized carbons (Fsp3) is 0.636. The van der Waals surface area contributed by atoms with E-state index in [0.29, 0.717) is 5.92 Å². The lowest BCUT2D eigenvalue weighted by atomic mass is 10.0. The van der Waals surface area contributed by atoms with E-state index in [0.717, 1.165) is 18.0 Å². The van der Waals surface area contributed by atoms with Gasteiger partial charge in [-0.15, -0.1) is 0 Å². The van der Waals surface area contributed by atoms with Crippen molar-refractivity contribution in [2.45, 2.75) is 26.2 Å². The number of hydrogen-bond acceptors (Lipinski definition) is 2. The van der Waals surface area contributed by atoms with Crippen molar-refractivity contribution in [1.82, 2.24) is 9.78 Å². The Hall–Kier alpha value is -1.32. The molecule has 0 aliphatic heterocycles. The maximum absolute atomic E-state index is 10.8. The molecule has 1 atom stereocenters. The Bertz CT molecular complexity index is 380. The molecule has 1 saturated carbocycles. The zero-order valence-corrected chi connectivity index (χ0v) is 9.10. The molecule has 1 heterocycles. The smallest absolute Gasteiger partial charge is 0.354 e. The highest BCUT2D eigenvalue weighted by Gasteiger charge is 2.28. The predicted molar refractivity (Wildman–Crippen MR) is 55.8 cm³/mol.